The van der Waals surface area contributed by atoms with Crippen LogP contribution in [-0.4, -0.2) is 29.2 Å². The van der Waals surface area contributed by atoms with Gasteiger partial charge in [0.15, 0.2) is 0 Å². The van der Waals surface area contributed by atoms with Crippen LogP contribution < -0.4 is 5.32 Å². The van der Waals surface area contributed by atoms with E-state index in [1.807, 2.05) is 44.2 Å². The van der Waals surface area contributed by atoms with Crippen molar-refractivity contribution in [2.24, 2.45) is 5.10 Å². The molecular weight excluding hydrogens is 346 g/mol. The zero-order chi connectivity index (χ0) is 19.5. The highest BCUT2D eigenvalue weighted by Crippen LogP contribution is 2.33. The van der Waals surface area contributed by atoms with Gasteiger partial charge in [-0.05, 0) is 28.0 Å². The Hall–Kier alpha value is -2.98. The maximum absolute atomic E-state index is 12.9. The van der Waals surface area contributed by atoms with Crippen LogP contribution in [0.3, 0.4) is 0 Å². The second-order valence-corrected chi connectivity index (χ2v) is 7.51. The summed E-state index contributed by atoms with van der Waals surface area (Å²) < 4.78 is 0. The maximum Gasteiger partial charge on any atom is 0.257 e. The van der Waals surface area contributed by atoms with E-state index in [1.54, 1.807) is 5.01 Å². The molecule has 1 heterocycles. The quantitative estimate of drug-likeness (QED) is 0.717. The highest BCUT2D eigenvalue weighted by molar-refractivity contribution is 6.05. The number of hydrazone groups is 1. The van der Waals surface area contributed by atoms with Crippen LogP contribution >= 0.6 is 0 Å². The predicted octanol–water partition coefficient (Wildman–Crippen LogP) is 4.52. The van der Waals surface area contributed by atoms with Crippen molar-refractivity contribution < 1.29 is 4.79 Å². The molecular formula is C24H25N3O. The van der Waals surface area contributed by atoms with Gasteiger partial charge in [0.25, 0.3) is 5.91 Å². The molecule has 0 unspecified atom stereocenters. The van der Waals surface area contributed by atoms with Gasteiger partial charge in [0, 0.05) is 12.5 Å². The molecule has 1 atom stereocenters. The van der Waals surface area contributed by atoms with E-state index >= 15 is 0 Å². The average Bonchev–Trinajstić information content (AvgIpc) is 3.18. The number of carbonyl (C=O) groups is 1. The molecule has 1 aliphatic heterocycles. The van der Waals surface area contributed by atoms with E-state index in [0.717, 1.165) is 23.3 Å². The van der Waals surface area contributed by atoms with Gasteiger partial charge in [0.2, 0.25) is 0 Å². The zero-order valence-corrected chi connectivity index (χ0v) is 16.3. The number of hydrogen-bond acceptors (Lipinski definition) is 3. The van der Waals surface area contributed by atoms with E-state index in [0.29, 0.717) is 0 Å². The van der Waals surface area contributed by atoms with Crippen molar-refractivity contribution in [3.8, 4) is 0 Å². The van der Waals surface area contributed by atoms with Crippen molar-refractivity contribution in [3.63, 3.8) is 0 Å². The van der Waals surface area contributed by atoms with Gasteiger partial charge in [-0.3, -0.25) is 4.79 Å². The van der Waals surface area contributed by atoms with Gasteiger partial charge in [-0.15, -0.1) is 0 Å². The van der Waals surface area contributed by atoms with E-state index in [9.17, 15) is 4.79 Å². The van der Waals surface area contributed by atoms with Crippen LogP contribution in [0.4, 0.5) is 0 Å². The van der Waals surface area contributed by atoms with Crippen LogP contribution in [0.2, 0.25) is 0 Å². The second kappa shape index (κ2) is 7.95. The maximum atomic E-state index is 12.9. The lowest BCUT2D eigenvalue weighted by Gasteiger charge is -2.22. The van der Waals surface area contributed by atoms with E-state index in [1.165, 1.54) is 10.8 Å². The molecule has 4 nitrogen and oxygen atoms in total. The summed E-state index contributed by atoms with van der Waals surface area (Å²) in [4.78, 5) is 12.9. The number of fused-ring (bicyclic) bond motifs is 1. The molecule has 0 radical (unpaired) electrons. The minimum atomic E-state index is -0.0656. The summed E-state index contributed by atoms with van der Waals surface area (Å²) in [6.07, 6.45) is 0.718. The molecule has 0 fully saturated rings. The first kappa shape index (κ1) is 18.4. The van der Waals surface area contributed by atoms with Crippen molar-refractivity contribution in [2.75, 3.05) is 6.54 Å². The summed E-state index contributed by atoms with van der Waals surface area (Å²) >= 11 is 0. The molecule has 1 N–H and O–H groups in total. The monoisotopic (exact) mass is 371 g/mol. The Morgan fingerprint density at radius 1 is 1.04 bits per heavy atom. The molecule has 142 valence electrons. The van der Waals surface area contributed by atoms with Crippen LogP contribution in [-0.2, 0) is 4.79 Å². The third-order valence-electron chi connectivity index (χ3n) is 5.09. The van der Waals surface area contributed by atoms with Gasteiger partial charge in [-0.2, -0.15) is 5.10 Å². The minimum absolute atomic E-state index is 0.00153. The summed E-state index contributed by atoms with van der Waals surface area (Å²) in [7, 11) is 0. The largest absolute Gasteiger partial charge is 0.306 e. The Bertz CT molecular complexity index is 1010. The van der Waals surface area contributed by atoms with Crippen molar-refractivity contribution in [2.45, 2.75) is 32.4 Å². The number of nitrogens with zero attached hydrogens (tertiary/aromatic N) is 2. The molecule has 0 aliphatic carbocycles. The van der Waals surface area contributed by atoms with Crippen LogP contribution in [0.1, 0.15) is 37.4 Å². The Labute approximate surface area is 165 Å². The molecule has 0 spiro atoms. The summed E-state index contributed by atoms with van der Waals surface area (Å²) in [5, 5.41) is 12.0. The van der Waals surface area contributed by atoms with Crippen molar-refractivity contribution in [1.82, 2.24) is 10.3 Å². The fourth-order valence-electron chi connectivity index (χ4n) is 3.59. The first-order valence-corrected chi connectivity index (χ1v) is 9.79. The lowest BCUT2D eigenvalue weighted by molar-refractivity contribution is -0.132. The van der Waals surface area contributed by atoms with E-state index in [4.69, 9.17) is 5.10 Å². The van der Waals surface area contributed by atoms with Crippen molar-refractivity contribution in [1.29, 1.82) is 0 Å². The van der Waals surface area contributed by atoms with Crippen LogP contribution in [0.5, 0.6) is 0 Å². The van der Waals surface area contributed by atoms with Gasteiger partial charge in [0.1, 0.15) is 0 Å². The van der Waals surface area contributed by atoms with Crippen LogP contribution in [0, 0.1) is 0 Å². The first-order valence-electron chi connectivity index (χ1n) is 9.79. The number of benzene rings is 3. The van der Waals surface area contributed by atoms with E-state index < -0.39 is 0 Å². The summed E-state index contributed by atoms with van der Waals surface area (Å²) in [5.41, 5.74) is 3.14. The van der Waals surface area contributed by atoms with Crippen LogP contribution in [0.15, 0.2) is 77.9 Å². The lowest BCUT2D eigenvalue weighted by atomic mass is 9.97. The number of hydrogen-bond donors (Lipinski definition) is 1. The van der Waals surface area contributed by atoms with Gasteiger partial charge in [-0.1, -0.05) is 80.6 Å². The molecule has 4 heteroatoms. The summed E-state index contributed by atoms with van der Waals surface area (Å²) in [5.74, 6) is -0.00153. The minimum Gasteiger partial charge on any atom is -0.306 e. The van der Waals surface area contributed by atoms with Crippen LogP contribution in [0.25, 0.3) is 10.8 Å². The van der Waals surface area contributed by atoms with E-state index in [2.05, 4.69) is 47.8 Å². The molecule has 3 aromatic carbocycles. The van der Waals surface area contributed by atoms with Gasteiger partial charge >= 0.3 is 0 Å². The molecule has 0 bridgehead atoms. The molecule has 0 aromatic heterocycles. The summed E-state index contributed by atoms with van der Waals surface area (Å²) in [6, 6.07) is 25.0. The third kappa shape index (κ3) is 3.82. The SMILES string of the molecule is CC(C)NCC(=O)N1N=C(c2ccc3ccccc3c2)C[C@H]1c1ccccc1. The molecule has 0 saturated heterocycles. The number of carbonyl (C=O) groups excluding carboxylic acids is 1. The van der Waals surface area contributed by atoms with Gasteiger partial charge in [0.05, 0.1) is 18.3 Å². The fraction of sp³-hybridized carbons (Fsp3) is 0.250. The van der Waals surface area contributed by atoms with Crippen molar-refractivity contribution in [3.05, 3.63) is 83.9 Å². The Morgan fingerprint density at radius 2 is 1.75 bits per heavy atom. The first-order chi connectivity index (χ1) is 13.6. The Morgan fingerprint density at radius 3 is 2.50 bits per heavy atom. The highest BCUT2D eigenvalue weighted by atomic mass is 16.2. The average molecular weight is 371 g/mol. The highest BCUT2D eigenvalue weighted by Gasteiger charge is 2.32. The third-order valence-corrected chi connectivity index (χ3v) is 5.09. The molecule has 0 saturated carbocycles. The number of nitrogens with one attached hydrogen (secondary N) is 1. The predicted molar refractivity (Wildman–Crippen MR) is 114 cm³/mol. The molecule has 28 heavy (non-hydrogen) atoms. The molecule has 1 aliphatic rings. The normalized spacial score (nSPS) is 16.6. The Kier molecular flexibility index (Phi) is 5.22. The molecule has 3 aromatic rings. The lowest BCUT2D eigenvalue weighted by Crippen LogP contribution is -2.37. The second-order valence-electron chi connectivity index (χ2n) is 7.51. The molecule has 1 amide bonds. The van der Waals surface area contributed by atoms with Gasteiger partial charge < -0.3 is 5.32 Å². The zero-order valence-electron chi connectivity index (χ0n) is 16.3. The topological polar surface area (TPSA) is 44.7 Å². The Balaban J connectivity index is 1.66. The standard InChI is InChI=1S/C24H25N3O/c1-17(2)25-16-24(28)27-23(19-9-4-3-5-10-19)15-22(26-27)21-13-12-18-8-6-7-11-20(18)14-21/h3-14,17,23,25H,15-16H2,1-2H3/t23-/m0/s1. The van der Waals surface area contributed by atoms with E-state index in [-0.39, 0.29) is 24.5 Å². The fourth-order valence-corrected chi connectivity index (χ4v) is 3.59. The summed E-state index contributed by atoms with van der Waals surface area (Å²) in [6.45, 7) is 4.36. The number of amides is 1. The smallest absolute Gasteiger partial charge is 0.257 e. The number of rotatable bonds is 5. The molecule has 4 rings (SSSR count). The van der Waals surface area contributed by atoms with Gasteiger partial charge in [-0.25, -0.2) is 5.01 Å². The van der Waals surface area contributed by atoms with Crippen molar-refractivity contribution >= 4 is 22.4 Å².